The minimum atomic E-state index is 0.321. The number of fused-ring (bicyclic) bond motifs is 1. The second-order valence-corrected chi connectivity index (χ2v) is 4.39. The maximum atomic E-state index is 5.45. The molecule has 0 bridgehead atoms. The van der Waals surface area contributed by atoms with Crippen LogP contribution in [0.3, 0.4) is 0 Å². The molecule has 0 saturated carbocycles. The van der Waals surface area contributed by atoms with Crippen molar-refractivity contribution >= 4 is 0 Å². The Morgan fingerprint density at radius 3 is 3.06 bits per heavy atom. The van der Waals surface area contributed by atoms with Crippen molar-refractivity contribution in [3.8, 4) is 0 Å². The highest BCUT2D eigenvalue weighted by Gasteiger charge is 2.30. The van der Waals surface area contributed by atoms with Crippen molar-refractivity contribution in [1.29, 1.82) is 0 Å². The lowest BCUT2D eigenvalue weighted by Gasteiger charge is -2.27. The maximum Gasteiger partial charge on any atom is 0.226 e. The fraction of sp³-hybridized carbons (Fsp3) is 0.385. The third-order valence-electron chi connectivity index (χ3n) is 3.24. The third kappa shape index (κ3) is 1.85. The predicted molar refractivity (Wildman–Crippen MR) is 63.7 cm³/mol. The van der Waals surface area contributed by atoms with Gasteiger partial charge in [-0.25, -0.2) is 0 Å². The smallest absolute Gasteiger partial charge is 0.226 e. The Bertz CT molecular complexity index is 521. The predicted octanol–water partition coefficient (Wildman–Crippen LogP) is 1.65. The van der Waals surface area contributed by atoms with Crippen molar-refractivity contribution in [2.75, 3.05) is 6.54 Å². The Balaban J connectivity index is 1.76. The summed E-state index contributed by atoms with van der Waals surface area (Å²) >= 11 is 0. The molecule has 2 N–H and O–H groups in total. The molecule has 17 heavy (non-hydrogen) atoms. The molecule has 1 atom stereocenters. The van der Waals surface area contributed by atoms with Crippen molar-refractivity contribution in [2.45, 2.75) is 25.2 Å². The van der Waals surface area contributed by atoms with Crippen LogP contribution in [0.25, 0.3) is 0 Å². The van der Waals surface area contributed by atoms with E-state index >= 15 is 0 Å². The molecule has 1 unspecified atom stereocenters. The van der Waals surface area contributed by atoms with E-state index in [-0.39, 0.29) is 0 Å². The summed E-state index contributed by atoms with van der Waals surface area (Å²) in [7, 11) is 0. The molecule has 2 aromatic rings. The van der Waals surface area contributed by atoms with E-state index in [9.17, 15) is 0 Å². The van der Waals surface area contributed by atoms with Crippen LogP contribution in [0.4, 0.5) is 0 Å². The largest absolute Gasteiger partial charge is 0.339 e. The zero-order valence-electron chi connectivity index (χ0n) is 9.60. The van der Waals surface area contributed by atoms with E-state index < -0.39 is 0 Å². The van der Waals surface area contributed by atoms with Gasteiger partial charge in [0.25, 0.3) is 0 Å². The fourth-order valence-electron chi connectivity index (χ4n) is 2.25. The molecule has 4 heteroatoms. The summed E-state index contributed by atoms with van der Waals surface area (Å²) in [6.07, 6.45) is 2.69. The van der Waals surface area contributed by atoms with E-state index in [1.54, 1.807) is 0 Å². The Morgan fingerprint density at radius 1 is 1.35 bits per heavy atom. The van der Waals surface area contributed by atoms with Gasteiger partial charge in [-0.1, -0.05) is 29.4 Å². The van der Waals surface area contributed by atoms with Crippen LogP contribution >= 0.6 is 0 Å². The lowest BCUT2D eigenvalue weighted by Crippen LogP contribution is -2.19. The summed E-state index contributed by atoms with van der Waals surface area (Å²) in [6.45, 7) is 0.657. The van der Waals surface area contributed by atoms with E-state index in [1.807, 2.05) is 0 Å². The van der Waals surface area contributed by atoms with Gasteiger partial charge in [0.2, 0.25) is 5.89 Å². The first-order valence-corrected chi connectivity index (χ1v) is 5.99. The molecule has 0 radical (unpaired) electrons. The molecule has 1 aliphatic rings. The number of nitrogens with zero attached hydrogens (tertiary/aromatic N) is 2. The average molecular weight is 229 g/mol. The normalized spacial score (nSPS) is 17.6. The summed E-state index contributed by atoms with van der Waals surface area (Å²) in [5.41, 5.74) is 8.18. The number of aromatic nitrogens is 2. The Labute approximate surface area is 99.8 Å². The summed E-state index contributed by atoms with van der Waals surface area (Å²) in [5, 5.41) is 4.06. The van der Waals surface area contributed by atoms with Gasteiger partial charge in [-0.05, 0) is 30.5 Å². The van der Waals surface area contributed by atoms with Gasteiger partial charge in [0, 0.05) is 6.42 Å². The molecule has 1 aromatic carbocycles. The molecule has 4 nitrogen and oxygen atoms in total. The highest BCUT2D eigenvalue weighted by molar-refractivity contribution is 5.43. The highest BCUT2D eigenvalue weighted by atomic mass is 16.5. The summed E-state index contributed by atoms with van der Waals surface area (Å²) in [6, 6.07) is 8.42. The zero-order valence-corrected chi connectivity index (χ0v) is 9.60. The van der Waals surface area contributed by atoms with Crippen molar-refractivity contribution < 1.29 is 4.52 Å². The molecule has 1 heterocycles. The van der Waals surface area contributed by atoms with Gasteiger partial charge < -0.3 is 10.3 Å². The first-order valence-electron chi connectivity index (χ1n) is 5.99. The quantitative estimate of drug-likeness (QED) is 0.865. The molecular formula is C13H15N3O. The minimum absolute atomic E-state index is 0.321. The van der Waals surface area contributed by atoms with Gasteiger partial charge in [-0.15, -0.1) is 0 Å². The molecule has 0 spiro atoms. The molecule has 0 saturated heterocycles. The summed E-state index contributed by atoms with van der Waals surface area (Å²) < 4.78 is 5.22. The Kier molecular flexibility index (Phi) is 2.65. The molecule has 3 rings (SSSR count). The van der Waals surface area contributed by atoms with Gasteiger partial charge in [-0.3, -0.25) is 0 Å². The van der Waals surface area contributed by atoms with Gasteiger partial charge in [0.1, 0.15) is 0 Å². The average Bonchev–Trinajstić information content (AvgIpc) is 2.76. The van der Waals surface area contributed by atoms with Crippen LogP contribution in [0, 0.1) is 0 Å². The highest BCUT2D eigenvalue weighted by Crippen LogP contribution is 2.38. The topological polar surface area (TPSA) is 64.9 Å². The molecule has 0 amide bonds. The van der Waals surface area contributed by atoms with Crippen molar-refractivity contribution in [3.05, 3.63) is 47.1 Å². The first kappa shape index (κ1) is 10.5. The molecular weight excluding hydrogens is 214 g/mol. The number of rotatable bonds is 4. The number of aryl methyl sites for hydroxylation is 1. The van der Waals surface area contributed by atoms with Crippen molar-refractivity contribution in [1.82, 2.24) is 10.1 Å². The third-order valence-corrected chi connectivity index (χ3v) is 3.24. The van der Waals surface area contributed by atoms with Gasteiger partial charge in [0.05, 0.1) is 5.92 Å². The maximum absolute atomic E-state index is 5.45. The number of hydrogen-bond donors (Lipinski definition) is 1. The standard InChI is InChI=1S/C13H15N3O/c14-7-3-6-12-15-13(16-17-12)11-8-9-4-1-2-5-10(9)11/h1-2,4-5,11H,3,6-8,14H2. The van der Waals surface area contributed by atoms with Crippen LogP contribution in [0.5, 0.6) is 0 Å². The molecule has 0 aliphatic heterocycles. The van der Waals surface area contributed by atoms with E-state index in [1.165, 1.54) is 11.1 Å². The van der Waals surface area contributed by atoms with Crippen LogP contribution in [0.1, 0.15) is 35.2 Å². The van der Waals surface area contributed by atoms with Crippen LogP contribution in [0.15, 0.2) is 28.8 Å². The van der Waals surface area contributed by atoms with Crippen LogP contribution in [0.2, 0.25) is 0 Å². The van der Waals surface area contributed by atoms with Gasteiger partial charge >= 0.3 is 0 Å². The van der Waals surface area contributed by atoms with Crippen LogP contribution in [-0.4, -0.2) is 16.7 Å². The van der Waals surface area contributed by atoms with Gasteiger partial charge in [-0.2, -0.15) is 4.98 Å². The van der Waals surface area contributed by atoms with Crippen molar-refractivity contribution in [2.24, 2.45) is 5.73 Å². The lowest BCUT2D eigenvalue weighted by molar-refractivity contribution is 0.368. The second kappa shape index (κ2) is 4.30. The fourth-order valence-corrected chi connectivity index (χ4v) is 2.25. The van der Waals surface area contributed by atoms with E-state index in [0.717, 1.165) is 25.1 Å². The molecule has 0 fully saturated rings. The number of hydrogen-bond acceptors (Lipinski definition) is 4. The monoisotopic (exact) mass is 229 g/mol. The Morgan fingerprint density at radius 2 is 2.24 bits per heavy atom. The molecule has 88 valence electrons. The van der Waals surface area contributed by atoms with Crippen LogP contribution < -0.4 is 5.73 Å². The Hall–Kier alpha value is -1.68. The minimum Gasteiger partial charge on any atom is -0.339 e. The van der Waals surface area contributed by atoms with Gasteiger partial charge in [0.15, 0.2) is 5.82 Å². The molecule has 1 aromatic heterocycles. The molecule has 1 aliphatic carbocycles. The first-order chi connectivity index (χ1) is 8.38. The zero-order chi connectivity index (χ0) is 11.7. The number of nitrogens with two attached hydrogens (primary N) is 1. The van der Waals surface area contributed by atoms with E-state index in [4.69, 9.17) is 10.3 Å². The summed E-state index contributed by atoms with van der Waals surface area (Å²) in [5.74, 6) is 1.84. The SMILES string of the molecule is NCCCc1nc(C2Cc3ccccc32)no1. The lowest BCUT2D eigenvalue weighted by atomic mass is 9.77. The second-order valence-electron chi connectivity index (χ2n) is 4.39. The number of benzene rings is 1. The van der Waals surface area contributed by atoms with Crippen LogP contribution in [-0.2, 0) is 12.8 Å². The summed E-state index contributed by atoms with van der Waals surface area (Å²) in [4.78, 5) is 4.44. The van der Waals surface area contributed by atoms with Crippen molar-refractivity contribution in [3.63, 3.8) is 0 Å². The van der Waals surface area contributed by atoms with E-state index in [0.29, 0.717) is 18.4 Å². The van der Waals surface area contributed by atoms with E-state index in [2.05, 4.69) is 34.4 Å².